The third-order valence-electron chi connectivity index (χ3n) is 3.95. The lowest BCUT2D eigenvalue weighted by Gasteiger charge is -2.17. The molecule has 0 unspecified atom stereocenters. The van der Waals surface area contributed by atoms with Crippen LogP contribution >= 0.6 is 0 Å². The molecule has 0 bridgehead atoms. The van der Waals surface area contributed by atoms with Crippen LogP contribution in [0.2, 0.25) is 0 Å². The number of likely N-dealkylation sites (tertiary alicyclic amines) is 1. The van der Waals surface area contributed by atoms with Gasteiger partial charge < -0.3 is 14.2 Å². The fraction of sp³-hybridized carbons (Fsp3) is 0.412. The molecule has 1 aliphatic heterocycles. The summed E-state index contributed by atoms with van der Waals surface area (Å²) in [5.74, 6) is -0.179. The lowest BCUT2D eigenvalue weighted by atomic mass is 10.1. The van der Waals surface area contributed by atoms with Gasteiger partial charge in [-0.15, -0.1) is 0 Å². The molecule has 3 rings (SSSR count). The number of ether oxygens (including phenoxy) is 1. The Morgan fingerprint density at radius 1 is 1.42 bits per heavy atom. The molecule has 7 nitrogen and oxygen atoms in total. The van der Waals surface area contributed by atoms with Crippen LogP contribution < -0.4 is 0 Å². The van der Waals surface area contributed by atoms with E-state index in [0.717, 1.165) is 5.56 Å². The van der Waals surface area contributed by atoms with E-state index in [-0.39, 0.29) is 18.2 Å². The van der Waals surface area contributed by atoms with Crippen LogP contribution in [-0.2, 0) is 20.9 Å². The van der Waals surface area contributed by atoms with Gasteiger partial charge in [0.2, 0.25) is 5.91 Å². The predicted molar refractivity (Wildman–Crippen MR) is 83.5 cm³/mol. The van der Waals surface area contributed by atoms with Crippen LogP contribution in [0, 0.1) is 12.8 Å². The number of nitrogens with zero attached hydrogens (tertiary/aromatic N) is 3. The molecule has 7 heteroatoms. The molecule has 0 saturated carbocycles. The quantitative estimate of drug-likeness (QED) is 0.780. The summed E-state index contributed by atoms with van der Waals surface area (Å²) in [4.78, 5) is 30.1. The topological polar surface area (TPSA) is 85.5 Å². The number of esters is 1. The number of aryl methyl sites for hydroxylation is 1. The second-order valence-corrected chi connectivity index (χ2v) is 5.92. The Morgan fingerprint density at radius 2 is 2.17 bits per heavy atom. The maximum atomic E-state index is 12.3. The van der Waals surface area contributed by atoms with Crippen molar-refractivity contribution < 1.29 is 18.8 Å². The number of hydrogen-bond acceptors (Lipinski definition) is 6. The monoisotopic (exact) mass is 329 g/mol. The van der Waals surface area contributed by atoms with Crippen LogP contribution in [0.25, 0.3) is 0 Å². The number of aromatic nitrogens is 2. The lowest BCUT2D eigenvalue weighted by Crippen LogP contribution is -2.26. The van der Waals surface area contributed by atoms with Crippen molar-refractivity contribution in [2.45, 2.75) is 32.9 Å². The highest BCUT2D eigenvalue weighted by Crippen LogP contribution is 2.24. The molecule has 1 amide bonds. The van der Waals surface area contributed by atoms with E-state index in [4.69, 9.17) is 9.26 Å². The number of carbonyl (C=O) groups is 2. The van der Waals surface area contributed by atoms with Crippen molar-refractivity contribution in [2.24, 2.45) is 5.92 Å². The maximum absolute atomic E-state index is 12.3. The number of amides is 1. The number of benzene rings is 1. The number of hydrogen-bond donors (Lipinski definition) is 0. The van der Waals surface area contributed by atoms with Crippen LogP contribution in [0.1, 0.15) is 36.7 Å². The van der Waals surface area contributed by atoms with Gasteiger partial charge in [0.25, 0.3) is 5.89 Å². The van der Waals surface area contributed by atoms with Gasteiger partial charge in [0, 0.05) is 19.5 Å². The zero-order valence-electron chi connectivity index (χ0n) is 13.6. The SMILES string of the molecule is Cc1noc([C@@H](C)OC(=O)[C@H]2CC(=O)N(Cc3ccccc3)C2)n1. The van der Waals surface area contributed by atoms with Crippen LogP contribution in [-0.4, -0.2) is 33.5 Å². The first-order valence-corrected chi connectivity index (χ1v) is 7.85. The van der Waals surface area contributed by atoms with E-state index in [1.165, 1.54) is 0 Å². The summed E-state index contributed by atoms with van der Waals surface area (Å²) in [5.41, 5.74) is 1.04. The summed E-state index contributed by atoms with van der Waals surface area (Å²) in [6, 6.07) is 9.69. The Bertz CT molecular complexity index is 728. The third kappa shape index (κ3) is 3.61. The van der Waals surface area contributed by atoms with Gasteiger partial charge in [0.1, 0.15) is 0 Å². The minimum atomic E-state index is -0.628. The zero-order chi connectivity index (χ0) is 17.1. The molecule has 2 heterocycles. The molecule has 0 aliphatic carbocycles. The molecule has 126 valence electrons. The fourth-order valence-corrected chi connectivity index (χ4v) is 2.69. The predicted octanol–water partition coefficient (Wildman–Crippen LogP) is 2.03. The third-order valence-corrected chi connectivity index (χ3v) is 3.95. The Kier molecular flexibility index (Phi) is 4.59. The average molecular weight is 329 g/mol. The minimum absolute atomic E-state index is 0.0397. The van der Waals surface area contributed by atoms with E-state index < -0.39 is 18.0 Å². The van der Waals surface area contributed by atoms with E-state index in [2.05, 4.69) is 10.1 Å². The molecule has 1 aromatic heterocycles. The smallest absolute Gasteiger partial charge is 0.312 e. The van der Waals surface area contributed by atoms with E-state index in [1.54, 1.807) is 18.7 Å². The highest BCUT2D eigenvalue weighted by atomic mass is 16.6. The maximum Gasteiger partial charge on any atom is 0.312 e. The van der Waals surface area contributed by atoms with Crippen LogP contribution in [0.5, 0.6) is 0 Å². The summed E-state index contributed by atoms with van der Waals surface area (Å²) in [5, 5.41) is 3.67. The first-order valence-electron chi connectivity index (χ1n) is 7.85. The summed E-state index contributed by atoms with van der Waals surface area (Å²) in [7, 11) is 0. The van der Waals surface area contributed by atoms with Gasteiger partial charge in [-0.3, -0.25) is 9.59 Å². The van der Waals surface area contributed by atoms with Crippen molar-refractivity contribution in [3.05, 3.63) is 47.6 Å². The summed E-state index contributed by atoms with van der Waals surface area (Å²) in [6.07, 6.45) is -0.460. The largest absolute Gasteiger partial charge is 0.452 e. The summed E-state index contributed by atoms with van der Waals surface area (Å²) >= 11 is 0. The molecule has 2 atom stereocenters. The van der Waals surface area contributed by atoms with Gasteiger partial charge in [0.15, 0.2) is 11.9 Å². The first-order chi connectivity index (χ1) is 11.5. The van der Waals surface area contributed by atoms with E-state index in [9.17, 15) is 9.59 Å². The first kappa shape index (κ1) is 16.2. The molecule has 1 aromatic carbocycles. The van der Waals surface area contributed by atoms with Crippen LogP contribution in [0.3, 0.4) is 0 Å². The highest BCUT2D eigenvalue weighted by molar-refractivity contribution is 5.86. The van der Waals surface area contributed by atoms with Crippen molar-refractivity contribution >= 4 is 11.9 Å². The van der Waals surface area contributed by atoms with Crippen molar-refractivity contribution in [3.8, 4) is 0 Å². The Balaban J connectivity index is 1.57. The summed E-state index contributed by atoms with van der Waals surface area (Å²) in [6.45, 7) is 4.23. The van der Waals surface area contributed by atoms with Crippen molar-refractivity contribution in [3.63, 3.8) is 0 Å². The molecule has 24 heavy (non-hydrogen) atoms. The van der Waals surface area contributed by atoms with Gasteiger partial charge in [-0.2, -0.15) is 4.98 Å². The van der Waals surface area contributed by atoms with Crippen molar-refractivity contribution in [2.75, 3.05) is 6.54 Å². The minimum Gasteiger partial charge on any atom is -0.452 e. The van der Waals surface area contributed by atoms with Crippen molar-refractivity contribution in [1.82, 2.24) is 15.0 Å². The molecular weight excluding hydrogens is 310 g/mol. The van der Waals surface area contributed by atoms with Gasteiger partial charge in [-0.25, -0.2) is 0 Å². The van der Waals surface area contributed by atoms with Crippen LogP contribution in [0.15, 0.2) is 34.9 Å². The van der Waals surface area contributed by atoms with Crippen LogP contribution in [0.4, 0.5) is 0 Å². The molecule has 1 aliphatic rings. The second-order valence-electron chi connectivity index (χ2n) is 5.92. The molecule has 0 radical (unpaired) electrons. The summed E-state index contributed by atoms with van der Waals surface area (Å²) < 4.78 is 10.4. The zero-order valence-corrected chi connectivity index (χ0v) is 13.6. The fourth-order valence-electron chi connectivity index (χ4n) is 2.69. The Hall–Kier alpha value is -2.70. The van der Waals surface area contributed by atoms with Crippen molar-refractivity contribution in [1.29, 1.82) is 0 Å². The Labute approximate surface area is 139 Å². The molecule has 1 fully saturated rings. The standard InChI is InChI=1S/C17H19N3O4/c1-11(16-18-12(2)19-24-16)23-17(22)14-8-15(21)20(10-14)9-13-6-4-3-5-7-13/h3-7,11,14H,8-10H2,1-2H3/t11-,14+/m1/s1. The Morgan fingerprint density at radius 3 is 2.83 bits per heavy atom. The number of carbonyl (C=O) groups excluding carboxylic acids is 2. The normalized spacial score (nSPS) is 18.7. The lowest BCUT2D eigenvalue weighted by molar-refractivity contribution is -0.154. The molecular formula is C17H19N3O4. The molecule has 2 aromatic rings. The van der Waals surface area contributed by atoms with E-state index >= 15 is 0 Å². The molecule has 0 N–H and O–H groups in total. The van der Waals surface area contributed by atoms with Gasteiger partial charge in [0.05, 0.1) is 5.92 Å². The molecule has 1 saturated heterocycles. The van der Waals surface area contributed by atoms with E-state index in [1.807, 2.05) is 30.3 Å². The second kappa shape index (κ2) is 6.82. The average Bonchev–Trinajstić information content (AvgIpc) is 3.15. The van der Waals surface area contributed by atoms with Gasteiger partial charge >= 0.3 is 5.97 Å². The number of rotatable bonds is 5. The van der Waals surface area contributed by atoms with Gasteiger partial charge in [-0.05, 0) is 19.4 Å². The highest BCUT2D eigenvalue weighted by Gasteiger charge is 2.36. The molecule has 0 spiro atoms. The van der Waals surface area contributed by atoms with E-state index in [0.29, 0.717) is 18.9 Å². The van der Waals surface area contributed by atoms with Gasteiger partial charge in [-0.1, -0.05) is 35.5 Å².